The van der Waals surface area contributed by atoms with Crippen LogP contribution in [0.3, 0.4) is 0 Å². The Morgan fingerprint density at radius 1 is 1.31 bits per heavy atom. The summed E-state index contributed by atoms with van der Waals surface area (Å²) in [6.45, 7) is 1.14. The number of amides is 1. The fraction of sp³-hybridized carbons (Fsp3) is 0.273. The molecule has 1 aromatic rings. The fourth-order valence-corrected chi connectivity index (χ4v) is 1.65. The van der Waals surface area contributed by atoms with Crippen molar-refractivity contribution in [2.75, 3.05) is 13.1 Å². The molecule has 1 aliphatic rings. The molecule has 16 heavy (non-hydrogen) atoms. The van der Waals surface area contributed by atoms with Crippen LogP contribution in [0, 0.1) is 0 Å². The Morgan fingerprint density at radius 3 is 2.75 bits per heavy atom. The van der Waals surface area contributed by atoms with E-state index in [0.717, 1.165) is 5.56 Å². The van der Waals surface area contributed by atoms with Crippen molar-refractivity contribution in [3.8, 4) is 0 Å². The van der Waals surface area contributed by atoms with Gasteiger partial charge in [-0.05, 0) is 5.56 Å². The van der Waals surface area contributed by atoms with Crippen molar-refractivity contribution in [3.63, 3.8) is 0 Å². The first-order valence-corrected chi connectivity index (χ1v) is 5.07. The molecule has 0 atom stereocenters. The maximum absolute atomic E-state index is 11.6. The van der Waals surface area contributed by atoms with E-state index in [9.17, 15) is 4.79 Å². The Labute approximate surface area is 93.4 Å². The van der Waals surface area contributed by atoms with Gasteiger partial charge in [0.1, 0.15) is 0 Å². The number of piperazine rings is 1. The lowest BCUT2D eigenvalue weighted by atomic mass is 10.2. The molecule has 1 amide bonds. The minimum absolute atomic E-state index is 0.0806. The second kappa shape index (κ2) is 4.76. The number of nitrogens with one attached hydrogen (secondary N) is 1. The normalized spacial score (nSPS) is 19.1. The van der Waals surface area contributed by atoms with Crippen molar-refractivity contribution in [1.29, 1.82) is 0 Å². The first-order chi connectivity index (χ1) is 7.81. The van der Waals surface area contributed by atoms with Gasteiger partial charge in [0.05, 0.1) is 19.6 Å². The van der Waals surface area contributed by atoms with Crippen molar-refractivity contribution >= 4 is 11.7 Å². The molecule has 1 saturated heterocycles. The summed E-state index contributed by atoms with van der Waals surface area (Å²) in [5.74, 6) is 0.281. The topological polar surface area (TPSA) is 64.9 Å². The zero-order valence-electron chi connectivity index (χ0n) is 8.76. The van der Waals surface area contributed by atoms with E-state index in [1.54, 1.807) is 0 Å². The Morgan fingerprint density at radius 2 is 2.06 bits per heavy atom. The predicted molar refractivity (Wildman–Crippen MR) is 59.1 cm³/mol. The van der Waals surface area contributed by atoms with Gasteiger partial charge in [-0.15, -0.1) is 0 Å². The first-order valence-electron chi connectivity index (χ1n) is 5.07. The molecule has 2 N–H and O–H groups in total. The number of carbonyl (C=O) groups excluding carboxylic acids is 1. The quantitative estimate of drug-likeness (QED) is 0.559. The Kier molecular flexibility index (Phi) is 3.16. The van der Waals surface area contributed by atoms with Crippen LogP contribution in [0.25, 0.3) is 0 Å². The van der Waals surface area contributed by atoms with Crippen LogP contribution in [0.4, 0.5) is 0 Å². The summed E-state index contributed by atoms with van der Waals surface area (Å²) >= 11 is 0. The molecule has 1 aliphatic heterocycles. The molecule has 0 bridgehead atoms. The van der Waals surface area contributed by atoms with Gasteiger partial charge in [-0.1, -0.05) is 35.5 Å². The predicted octanol–water partition coefficient (Wildman–Crippen LogP) is 0.406. The minimum Gasteiger partial charge on any atom is -0.409 e. The summed E-state index contributed by atoms with van der Waals surface area (Å²) in [4.78, 5) is 13.1. The van der Waals surface area contributed by atoms with Gasteiger partial charge in [0.2, 0.25) is 5.91 Å². The average Bonchev–Trinajstić information content (AvgIpc) is 2.33. The Balaban J connectivity index is 2.15. The number of nitrogens with zero attached hydrogens (tertiary/aromatic N) is 2. The number of rotatable bonds is 2. The molecule has 84 valence electrons. The summed E-state index contributed by atoms with van der Waals surface area (Å²) in [5.41, 5.74) is 1.01. The third-order valence-corrected chi connectivity index (χ3v) is 2.47. The van der Waals surface area contributed by atoms with Crippen molar-refractivity contribution in [2.24, 2.45) is 5.16 Å². The molecule has 0 spiro atoms. The highest BCUT2D eigenvalue weighted by Crippen LogP contribution is 2.07. The van der Waals surface area contributed by atoms with Gasteiger partial charge in [0.25, 0.3) is 0 Å². The molecule has 5 nitrogen and oxygen atoms in total. The Hall–Kier alpha value is -1.88. The van der Waals surface area contributed by atoms with Gasteiger partial charge >= 0.3 is 0 Å². The lowest BCUT2D eigenvalue weighted by Gasteiger charge is -2.27. The van der Waals surface area contributed by atoms with Crippen LogP contribution in [0.15, 0.2) is 35.5 Å². The van der Waals surface area contributed by atoms with Gasteiger partial charge in [0.15, 0.2) is 5.84 Å². The summed E-state index contributed by atoms with van der Waals surface area (Å²) in [6, 6.07) is 9.62. The molecule has 0 unspecified atom stereocenters. The number of hydrogen-bond donors (Lipinski definition) is 2. The van der Waals surface area contributed by atoms with Crippen LogP contribution < -0.4 is 5.32 Å². The highest BCUT2D eigenvalue weighted by molar-refractivity contribution is 6.01. The largest absolute Gasteiger partial charge is 0.409 e. The molecule has 0 aromatic heterocycles. The van der Waals surface area contributed by atoms with Crippen LogP contribution in [-0.2, 0) is 11.3 Å². The molecule has 0 aliphatic carbocycles. The van der Waals surface area contributed by atoms with Gasteiger partial charge in [-0.2, -0.15) is 0 Å². The highest BCUT2D eigenvalue weighted by Gasteiger charge is 2.24. The molecular weight excluding hydrogens is 206 g/mol. The minimum atomic E-state index is -0.0806. The zero-order valence-corrected chi connectivity index (χ0v) is 8.76. The number of amidine groups is 1. The second-order valence-electron chi connectivity index (χ2n) is 3.59. The van der Waals surface area contributed by atoms with E-state index >= 15 is 0 Å². The van der Waals surface area contributed by atoms with Crippen LogP contribution >= 0.6 is 0 Å². The molecule has 0 radical (unpaired) electrons. The first kappa shape index (κ1) is 10.6. The highest BCUT2D eigenvalue weighted by atomic mass is 16.4. The SMILES string of the molecule is O=C1CNC/C(=N/O)N1Cc1ccccc1. The van der Waals surface area contributed by atoms with Crippen molar-refractivity contribution in [3.05, 3.63) is 35.9 Å². The van der Waals surface area contributed by atoms with Crippen molar-refractivity contribution < 1.29 is 10.0 Å². The van der Waals surface area contributed by atoms with E-state index in [1.165, 1.54) is 4.90 Å². The van der Waals surface area contributed by atoms with Crippen LogP contribution in [0.1, 0.15) is 5.56 Å². The number of carbonyl (C=O) groups is 1. The molecule has 2 rings (SSSR count). The van der Waals surface area contributed by atoms with E-state index < -0.39 is 0 Å². The van der Waals surface area contributed by atoms with E-state index in [4.69, 9.17) is 5.21 Å². The molecular formula is C11H13N3O2. The van der Waals surface area contributed by atoms with E-state index in [0.29, 0.717) is 18.9 Å². The lowest BCUT2D eigenvalue weighted by Crippen LogP contribution is -2.51. The van der Waals surface area contributed by atoms with E-state index in [2.05, 4.69) is 10.5 Å². The maximum atomic E-state index is 11.6. The fourth-order valence-electron chi connectivity index (χ4n) is 1.65. The third-order valence-electron chi connectivity index (χ3n) is 2.47. The molecule has 1 heterocycles. The van der Waals surface area contributed by atoms with Crippen molar-refractivity contribution in [2.45, 2.75) is 6.54 Å². The molecule has 5 heteroatoms. The Bertz CT molecular complexity index is 403. The maximum Gasteiger partial charge on any atom is 0.242 e. The summed E-state index contributed by atoms with van der Waals surface area (Å²) < 4.78 is 0. The monoisotopic (exact) mass is 219 g/mol. The standard InChI is InChI=1S/C11H13N3O2/c15-11-7-12-6-10(13-16)14(11)8-9-4-2-1-3-5-9/h1-5,12,16H,6-8H2/b13-10-. The lowest BCUT2D eigenvalue weighted by molar-refractivity contribution is -0.127. The number of oxime groups is 1. The van der Waals surface area contributed by atoms with Crippen LogP contribution in [-0.4, -0.2) is 34.9 Å². The van der Waals surface area contributed by atoms with Gasteiger partial charge in [-0.25, -0.2) is 0 Å². The van der Waals surface area contributed by atoms with E-state index in [1.807, 2.05) is 30.3 Å². The summed E-state index contributed by atoms with van der Waals surface area (Å²) in [5, 5.41) is 14.8. The smallest absolute Gasteiger partial charge is 0.242 e. The van der Waals surface area contributed by atoms with Gasteiger partial charge in [0, 0.05) is 0 Å². The van der Waals surface area contributed by atoms with Crippen LogP contribution in [0.2, 0.25) is 0 Å². The van der Waals surface area contributed by atoms with Crippen LogP contribution in [0.5, 0.6) is 0 Å². The number of hydrogen-bond acceptors (Lipinski definition) is 4. The summed E-state index contributed by atoms with van der Waals surface area (Å²) in [7, 11) is 0. The molecule has 1 aromatic carbocycles. The van der Waals surface area contributed by atoms with Gasteiger partial charge in [-0.3, -0.25) is 9.69 Å². The summed E-state index contributed by atoms with van der Waals surface area (Å²) in [6.07, 6.45) is 0. The zero-order chi connectivity index (χ0) is 11.4. The van der Waals surface area contributed by atoms with Crippen molar-refractivity contribution in [1.82, 2.24) is 10.2 Å². The second-order valence-corrected chi connectivity index (χ2v) is 3.59. The molecule has 1 fully saturated rings. The average molecular weight is 219 g/mol. The van der Waals surface area contributed by atoms with Gasteiger partial charge < -0.3 is 10.5 Å². The third kappa shape index (κ3) is 2.20. The van der Waals surface area contributed by atoms with E-state index in [-0.39, 0.29) is 12.5 Å². The number of benzene rings is 1. The molecule has 0 saturated carbocycles.